The third kappa shape index (κ3) is 5.66. The Morgan fingerprint density at radius 3 is 2.45 bits per heavy atom. The van der Waals surface area contributed by atoms with Crippen LogP contribution in [0.3, 0.4) is 0 Å². The summed E-state index contributed by atoms with van der Waals surface area (Å²) in [6, 6.07) is 16.9. The van der Waals surface area contributed by atoms with Crippen molar-refractivity contribution in [2.45, 2.75) is 6.61 Å². The lowest BCUT2D eigenvalue weighted by Gasteiger charge is -2.15. The topological polar surface area (TPSA) is 42.8 Å². The molecule has 0 aliphatic rings. The lowest BCUT2D eigenvalue weighted by molar-refractivity contribution is 0.282. The maximum absolute atomic E-state index is 6.07. The summed E-state index contributed by atoms with van der Waals surface area (Å²) in [6.45, 7) is 0.307. The highest BCUT2D eigenvalue weighted by molar-refractivity contribution is 9.13. The molecule has 0 aliphatic heterocycles. The molecule has 0 spiro atoms. The minimum Gasteiger partial charge on any atom is -0.493 e. The number of para-hydroxylation sites is 1. The smallest absolute Gasteiger partial charge is 0.177 e. The van der Waals surface area contributed by atoms with Crippen LogP contribution in [0.25, 0.3) is 0 Å². The Balaban J connectivity index is 1.79. The quantitative estimate of drug-likeness (QED) is 0.240. The Bertz CT molecular complexity index is 1030. The Kier molecular flexibility index (Phi) is 7.84. The first kappa shape index (κ1) is 22.0. The second-order valence-electron chi connectivity index (χ2n) is 5.90. The fraction of sp³-hybridized carbons (Fsp3) is 0.0952. The molecule has 0 fully saturated rings. The van der Waals surface area contributed by atoms with Gasteiger partial charge in [0.05, 0.1) is 33.5 Å². The number of halogens is 4. The number of rotatable bonds is 7. The van der Waals surface area contributed by atoms with E-state index in [4.69, 9.17) is 32.7 Å². The predicted octanol–water partition coefficient (Wildman–Crippen LogP) is 7.55. The van der Waals surface area contributed by atoms with E-state index in [1.807, 2.05) is 42.5 Å². The van der Waals surface area contributed by atoms with Crippen LogP contribution in [-0.4, -0.2) is 13.3 Å². The summed E-state index contributed by atoms with van der Waals surface area (Å²) in [7, 11) is 1.59. The molecule has 4 nitrogen and oxygen atoms in total. The molecule has 0 aromatic heterocycles. The lowest BCUT2D eigenvalue weighted by Crippen LogP contribution is -2.01. The van der Waals surface area contributed by atoms with Gasteiger partial charge in [-0.3, -0.25) is 5.43 Å². The van der Waals surface area contributed by atoms with Gasteiger partial charge in [-0.2, -0.15) is 5.10 Å². The van der Waals surface area contributed by atoms with Crippen LogP contribution in [0.2, 0.25) is 10.0 Å². The summed E-state index contributed by atoms with van der Waals surface area (Å²) >= 11 is 19.2. The minimum atomic E-state index is 0.307. The first-order valence-corrected chi connectivity index (χ1v) is 10.8. The first-order valence-electron chi connectivity index (χ1n) is 8.46. The second kappa shape index (κ2) is 10.3. The van der Waals surface area contributed by atoms with Crippen molar-refractivity contribution >= 4 is 67.0 Å². The zero-order chi connectivity index (χ0) is 20.8. The van der Waals surface area contributed by atoms with E-state index in [-0.39, 0.29) is 0 Å². The number of nitrogens with zero attached hydrogens (tertiary/aromatic N) is 1. The normalized spacial score (nSPS) is 10.9. The largest absolute Gasteiger partial charge is 0.493 e. The number of anilines is 1. The van der Waals surface area contributed by atoms with Gasteiger partial charge in [-0.25, -0.2) is 0 Å². The highest BCUT2D eigenvalue weighted by Crippen LogP contribution is 2.42. The van der Waals surface area contributed by atoms with E-state index in [1.54, 1.807) is 25.5 Å². The van der Waals surface area contributed by atoms with Crippen molar-refractivity contribution in [3.8, 4) is 11.5 Å². The Morgan fingerprint density at radius 1 is 1.00 bits per heavy atom. The second-order valence-corrected chi connectivity index (χ2v) is 8.30. The number of hydrogen-bond donors (Lipinski definition) is 1. The van der Waals surface area contributed by atoms with Crippen LogP contribution < -0.4 is 14.9 Å². The van der Waals surface area contributed by atoms with Gasteiger partial charge in [0, 0.05) is 10.0 Å². The fourth-order valence-electron chi connectivity index (χ4n) is 2.46. The van der Waals surface area contributed by atoms with Crippen molar-refractivity contribution in [1.82, 2.24) is 0 Å². The van der Waals surface area contributed by atoms with E-state index in [2.05, 4.69) is 42.4 Å². The van der Waals surface area contributed by atoms with Gasteiger partial charge in [-0.05, 0) is 67.8 Å². The van der Waals surface area contributed by atoms with Crippen LogP contribution in [0.1, 0.15) is 11.1 Å². The number of ether oxygens (including phenoxy) is 2. The molecule has 150 valence electrons. The fourth-order valence-corrected chi connectivity index (χ4v) is 3.72. The van der Waals surface area contributed by atoms with Crippen LogP contribution in [0.4, 0.5) is 5.69 Å². The number of hydrazone groups is 1. The van der Waals surface area contributed by atoms with Gasteiger partial charge in [-0.15, -0.1) is 0 Å². The average molecular weight is 559 g/mol. The zero-order valence-corrected chi connectivity index (χ0v) is 19.9. The summed E-state index contributed by atoms with van der Waals surface area (Å²) in [5.74, 6) is 1.14. The molecular weight excluding hydrogens is 543 g/mol. The Hall–Kier alpha value is -1.73. The van der Waals surface area contributed by atoms with Crippen LogP contribution in [0.5, 0.6) is 11.5 Å². The molecule has 0 atom stereocenters. The molecular formula is C21H16Br2Cl2N2O2. The molecule has 0 aliphatic carbocycles. The Labute approximate surface area is 196 Å². The van der Waals surface area contributed by atoms with Crippen LogP contribution in [0.15, 0.2) is 68.6 Å². The number of hydrogen-bond acceptors (Lipinski definition) is 4. The molecule has 0 heterocycles. The van der Waals surface area contributed by atoms with E-state index in [0.29, 0.717) is 28.2 Å². The van der Waals surface area contributed by atoms with Crippen molar-refractivity contribution in [3.05, 3.63) is 84.7 Å². The monoisotopic (exact) mass is 556 g/mol. The summed E-state index contributed by atoms with van der Waals surface area (Å²) in [4.78, 5) is 0. The van der Waals surface area contributed by atoms with Crippen molar-refractivity contribution in [2.24, 2.45) is 5.10 Å². The molecule has 3 rings (SSSR count). The number of nitrogens with one attached hydrogen (secondary N) is 1. The highest BCUT2D eigenvalue weighted by Gasteiger charge is 2.17. The van der Waals surface area contributed by atoms with Crippen molar-refractivity contribution in [2.75, 3.05) is 12.5 Å². The van der Waals surface area contributed by atoms with Crippen LogP contribution in [-0.2, 0) is 6.61 Å². The zero-order valence-electron chi connectivity index (χ0n) is 15.3. The third-order valence-electron chi connectivity index (χ3n) is 3.91. The summed E-state index contributed by atoms with van der Waals surface area (Å²) in [5.41, 5.74) is 5.59. The SMILES string of the molecule is COc1cc(/C=N\Nc2ccccc2)c(Br)c(Br)c1OCc1ccc(Cl)c(Cl)c1. The Morgan fingerprint density at radius 2 is 1.76 bits per heavy atom. The molecule has 3 aromatic carbocycles. The van der Waals surface area contributed by atoms with Crippen molar-refractivity contribution in [1.29, 1.82) is 0 Å². The molecule has 0 bridgehead atoms. The predicted molar refractivity (Wildman–Crippen MR) is 127 cm³/mol. The van der Waals surface area contributed by atoms with E-state index >= 15 is 0 Å². The maximum Gasteiger partial charge on any atom is 0.177 e. The van der Waals surface area contributed by atoms with Gasteiger partial charge >= 0.3 is 0 Å². The van der Waals surface area contributed by atoms with Gasteiger partial charge in [0.1, 0.15) is 6.61 Å². The van der Waals surface area contributed by atoms with Gasteiger partial charge in [-0.1, -0.05) is 47.5 Å². The van der Waals surface area contributed by atoms with E-state index in [0.717, 1.165) is 25.8 Å². The van der Waals surface area contributed by atoms with Crippen molar-refractivity contribution in [3.63, 3.8) is 0 Å². The van der Waals surface area contributed by atoms with E-state index < -0.39 is 0 Å². The van der Waals surface area contributed by atoms with E-state index in [9.17, 15) is 0 Å². The van der Waals surface area contributed by atoms with Crippen molar-refractivity contribution < 1.29 is 9.47 Å². The summed E-state index contributed by atoms with van der Waals surface area (Å²) in [6.07, 6.45) is 1.70. The molecule has 3 aromatic rings. The third-order valence-corrected chi connectivity index (χ3v) is 6.80. The molecule has 0 saturated carbocycles. The van der Waals surface area contributed by atoms with Gasteiger partial charge in [0.25, 0.3) is 0 Å². The van der Waals surface area contributed by atoms with E-state index in [1.165, 1.54) is 0 Å². The molecule has 0 amide bonds. The minimum absolute atomic E-state index is 0.307. The number of methoxy groups -OCH3 is 1. The highest BCUT2D eigenvalue weighted by atomic mass is 79.9. The molecule has 1 N–H and O–H groups in total. The van der Waals surface area contributed by atoms with Gasteiger partial charge in [0.15, 0.2) is 11.5 Å². The summed E-state index contributed by atoms with van der Waals surface area (Å²) < 4.78 is 13.0. The lowest BCUT2D eigenvalue weighted by atomic mass is 10.2. The molecule has 8 heteroatoms. The average Bonchev–Trinajstić information content (AvgIpc) is 2.73. The summed E-state index contributed by atoms with van der Waals surface area (Å²) in [5, 5.41) is 5.27. The molecule has 0 radical (unpaired) electrons. The number of benzene rings is 3. The maximum atomic E-state index is 6.07. The van der Waals surface area contributed by atoms with Gasteiger partial charge < -0.3 is 9.47 Å². The standard InChI is InChI=1S/C21H16Br2Cl2N2O2/c1-28-18-10-14(11-26-27-15-5-3-2-4-6-15)19(22)20(23)21(18)29-12-13-7-8-16(24)17(25)9-13/h2-11,27H,12H2,1H3/b26-11-. The van der Waals surface area contributed by atoms with Crippen LogP contribution >= 0.6 is 55.1 Å². The molecule has 0 saturated heterocycles. The molecule has 0 unspecified atom stereocenters. The van der Waals surface area contributed by atoms with Crippen LogP contribution in [0, 0.1) is 0 Å². The first-order chi connectivity index (χ1) is 14.0. The molecule has 29 heavy (non-hydrogen) atoms. The van der Waals surface area contributed by atoms with Gasteiger partial charge in [0.2, 0.25) is 0 Å².